The molecular weight excluding hydrogens is 312 g/mol. The van der Waals surface area contributed by atoms with E-state index >= 15 is 0 Å². The average Bonchev–Trinajstić information content (AvgIpc) is 2.60. The number of amides is 1. The summed E-state index contributed by atoms with van der Waals surface area (Å²) in [5.41, 5.74) is 0.564. The minimum atomic E-state index is -3.46. The molecule has 0 radical (unpaired) electrons. The molecule has 0 unspecified atom stereocenters. The molecule has 0 bridgehead atoms. The van der Waals surface area contributed by atoms with Crippen LogP contribution in [-0.4, -0.2) is 39.4 Å². The van der Waals surface area contributed by atoms with E-state index in [9.17, 15) is 13.2 Å². The number of piperidine rings is 1. The minimum absolute atomic E-state index is 0.0161. The van der Waals surface area contributed by atoms with Gasteiger partial charge in [0.2, 0.25) is 10.0 Å². The van der Waals surface area contributed by atoms with Gasteiger partial charge in [0.05, 0.1) is 4.90 Å². The molecule has 2 fully saturated rings. The highest BCUT2D eigenvalue weighted by Crippen LogP contribution is 2.36. The molecule has 5 nitrogen and oxygen atoms in total. The number of benzene rings is 1. The summed E-state index contributed by atoms with van der Waals surface area (Å²) in [6, 6.07) is 6.21. The lowest BCUT2D eigenvalue weighted by Gasteiger charge is -2.41. The number of nitrogens with zero attached hydrogens (tertiary/aromatic N) is 1. The molecule has 0 aromatic heterocycles. The zero-order chi connectivity index (χ0) is 16.4. The highest BCUT2D eigenvalue weighted by atomic mass is 32.2. The molecule has 1 saturated carbocycles. The summed E-state index contributed by atoms with van der Waals surface area (Å²) >= 11 is 0. The van der Waals surface area contributed by atoms with Crippen molar-refractivity contribution in [1.29, 1.82) is 0 Å². The molecular formula is C17H24N2O3S. The third-order valence-corrected chi connectivity index (χ3v) is 6.69. The van der Waals surface area contributed by atoms with Crippen molar-refractivity contribution >= 4 is 15.9 Å². The predicted octanol–water partition coefficient (Wildman–Crippen LogP) is 2.25. The van der Waals surface area contributed by atoms with Crippen molar-refractivity contribution in [2.45, 2.75) is 37.0 Å². The van der Waals surface area contributed by atoms with Gasteiger partial charge in [-0.15, -0.1) is 0 Å². The lowest BCUT2D eigenvalue weighted by Crippen LogP contribution is -2.44. The molecule has 0 spiro atoms. The Kier molecular flexibility index (Phi) is 4.73. The second kappa shape index (κ2) is 6.61. The van der Waals surface area contributed by atoms with Crippen LogP contribution in [0.2, 0.25) is 0 Å². The summed E-state index contributed by atoms with van der Waals surface area (Å²) in [5.74, 6) is 1.45. The smallest absolute Gasteiger partial charge is 0.253 e. The van der Waals surface area contributed by atoms with Gasteiger partial charge in [0.1, 0.15) is 0 Å². The van der Waals surface area contributed by atoms with Gasteiger partial charge in [-0.25, -0.2) is 13.1 Å². The average molecular weight is 336 g/mol. The molecule has 1 N–H and O–H groups in total. The molecule has 1 amide bonds. The molecule has 3 rings (SSSR count). The third kappa shape index (κ3) is 3.43. The van der Waals surface area contributed by atoms with Crippen molar-refractivity contribution in [3.8, 4) is 0 Å². The monoisotopic (exact) mass is 336 g/mol. The van der Waals surface area contributed by atoms with Crippen molar-refractivity contribution in [3.63, 3.8) is 0 Å². The highest BCUT2D eigenvalue weighted by Gasteiger charge is 2.33. The second-order valence-electron chi connectivity index (χ2n) is 6.58. The van der Waals surface area contributed by atoms with Crippen molar-refractivity contribution < 1.29 is 13.2 Å². The Bertz CT molecular complexity index is 670. The lowest BCUT2D eigenvalue weighted by molar-refractivity contribution is 0.0521. The minimum Gasteiger partial charge on any atom is -0.338 e. The summed E-state index contributed by atoms with van der Waals surface area (Å²) in [5, 5.41) is 0. The molecule has 1 aromatic rings. The van der Waals surface area contributed by atoms with Crippen LogP contribution in [0, 0.1) is 11.8 Å². The molecule has 126 valence electrons. The van der Waals surface area contributed by atoms with Crippen LogP contribution in [0.1, 0.15) is 42.5 Å². The number of carbonyl (C=O) groups is 1. The lowest BCUT2D eigenvalue weighted by atomic mass is 9.75. The highest BCUT2D eigenvalue weighted by molar-refractivity contribution is 7.89. The van der Waals surface area contributed by atoms with E-state index in [2.05, 4.69) is 4.72 Å². The van der Waals surface area contributed by atoms with Gasteiger partial charge in [-0.05, 0) is 56.0 Å². The van der Waals surface area contributed by atoms with Gasteiger partial charge in [-0.1, -0.05) is 19.3 Å². The van der Waals surface area contributed by atoms with Crippen LogP contribution in [0.3, 0.4) is 0 Å². The number of carbonyl (C=O) groups excluding carboxylic acids is 1. The van der Waals surface area contributed by atoms with Gasteiger partial charge in [-0.3, -0.25) is 4.79 Å². The van der Waals surface area contributed by atoms with Crippen molar-refractivity contribution in [2.75, 3.05) is 20.1 Å². The van der Waals surface area contributed by atoms with Crippen LogP contribution >= 0.6 is 0 Å². The first kappa shape index (κ1) is 16.5. The van der Waals surface area contributed by atoms with E-state index in [0.717, 1.165) is 25.4 Å². The molecule has 1 saturated heterocycles. The number of hydrogen-bond acceptors (Lipinski definition) is 3. The van der Waals surface area contributed by atoms with Gasteiger partial charge in [0.15, 0.2) is 0 Å². The Morgan fingerprint density at radius 2 is 1.74 bits per heavy atom. The second-order valence-corrected chi connectivity index (χ2v) is 8.46. The van der Waals surface area contributed by atoms with E-state index in [1.165, 1.54) is 44.9 Å². The van der Waals surface area contributed by atoms with Crippen molar-refractivity contribution in [1.82, 2.24) is 9.62 Å². The SMILES string of the molecule is CNS(=O)(=O)c1ccc(C(=O)N2CC[C@H]3CCCC[C@@H]3C2)cc1. The van der Waals surface area contributed by atoms with Gasteiger partial charge >= 0.3 is 0 Å². The van der Waals surface area contributed by atoms with Crippen LogP contribution in [0.4, 0.5) is 0 Å². The zero-order valence-electron chi connectivity index (χ0n) is 13.5. The van der Waals surface area contributed by atoms with Crippen LogP contribution in [-0.2, 0) is 10.0 Å². The Balaban J connectivity index is 1.71. The summed E-state index contributed by atoms with van der Waals surface area (Å²) in [6.45, 7) is 1.66. The van der Waals surface area contributed by atoms with Crippen LogP contribution in [0.15, 0.2) is 29.2 Å². The molecule has 1 aromatic carbocycles. The quantitative estimate of drug-likeness (QED) is 0.920. The van der Waals surface area contributed by atoms with E-state index in [0.29, 0.717) is 11.5 Å². The topological polar surface area (TPSA) is 66.5 Å². The van der Waals surface area contributed by atoms with Gasteiger partial charge in [0, 0.05) is 18.7 Å². The van der Waals surface area contributed by atoms with Crippen molar-refractivity contribution in [3.05, 3.63) is 29.8 Å². The van der Waals surface area contributed by atoms with Crippen molar-refractivity contribution in [2.24, 2.45) is 11.8 Å². The summed E-state index contributed by atoms with van der Waals surface area (Å²) in [7, 11) is -2.08. The first-order valence-corrected chi connectivity index (χ1v) is 9.82. The van der Waals surface area contributed by atoms with Gasteiger partial charge < -0.3 is 4.90 Å². The molecule has 2 atom stereocenters. The molecule has 1 heterocycles. The number of nitrogens with one attached hydrogen (secondary N) is 1. The molecule has 23 heavy (non-hydrogen) atoms. The fourth-order valence-corrected chi connectivity index (χ4v) is 4.59. The fourth-order valence-electron chi connectivity index (χ4n) is 3.86. The van der Waals surface area contributed by atoms with E-state index in [-0.39, 0.29) is 10.8 Å². The molecule has 1 aliphatic heterocycles. The largest absolute Gasteiger partial charge is 0.338 e. The molecule has 6 heteroatoms. The maximum atomic E-state index is 12.7. The van der Waals surface area contributed by atoms with Gasteiger partial charge in [-0.2, -0.15) is 0 Å². The summed E-state index contributed by atoms with van der Waals surface area (Å²) in [4.78, 5) is 14.8. The predicted molar refractivity (Wildman–Crippen MR) is 88.7 cm³/mol. The maximum absolute atomic E-state index is 12.7. The number of hydrogen-bond donors (Lipinski definition) is 1. The molecule has 1 aliphatic carbocycles. The normalized spacial score (nSPS) is 25.0. The summed E-state index contributed by atoms with van der Waals surface area (Å²) < 4.78 is 25.7. The summed E-state index contributed by atoms with van der Waals surface area (Å²) in [6.07, 6.45) is 6.25. The van der Waals surface area contributed by atoms with Crippen LogP contribution in [0.25, 0.3) is 0 Å². The maximum Gasteiger partial charge on any atom is 0.253 e. The van der Waals surface area contributed by atoms with Gasteiger partial charge in [0.25, 0.3) is 5.91 Å². The number of likely N-dealkylation sites (tertiary alicyclic amines) is 1. The van der Waals surface area contributed by atoms with E-state index in [4.69, 9.17) is 0 Å². The zero-order valence-corrected chi connectivity index (χ0v) is 14.3. The Hall–Kier alpha value is -1.40. The van der Waals surface area contributed by atoms with E-state index < -0.39 is 10.0 Å². The Labute approximate surface area is 138 Å². The fraction of sp³-hybridized carbons (Fsp3) is 0.588. The van der Waals surface area contributed by atoms with E-state index in [1.807, 2.05) is 4.90 Å². The third-order valence-electron chi connectivity index (χ3n) is 5.26. The first-order valence-electron chi connectivity index (χ1n) is 8.34. The Morgan fingerprint density at radius 1 is 1.09 bits per heavy atom. The standard InChI is InChI=1S/C17H24N2O3S/c1-18-23(21,22)16-8-6-14(7-9-16)17(20)19-11-10-13-4-2-3-5-15(13)12-19/h6-9,13,15,18H,2-5,10-12H2,1H3/t13-,15-/m1/s1. The Morgan fingerprint density at radius 3 is 2.39 bits per heavy atom. The molecule has 2 aliphatic rings. The van der Waals surface area contributed by atoms with Crippen LogP contribution in [0.5, 0.6) is 0 Å². The van der Waals surface area contributed by atoms with Crippen LogP contribution < -0.4 is 4.72 Å². The number of rotatable bonds is 3. The first-order chi connectivity index (χ1) is 11.0. The van der Waals surface area contributed by atoms with E-state index in [1.54, 1.807) is 12.1 Å². The number of sulfonamides is 1. The number of fused-ring (bicyclic) bond motifs is 1.